The van der Waals surface area contributed by atoms with Crippen LogP contribution in [0.3, 0.4) is 0 Å². The van der Waals surface area contributed by atoms with Crippen LogP contribution in [0.4, 0.5) is 5.69 Å². The molecule has 1 unspecified atom stereocenters. The Morgan fingerprint density at radius 1 is 0.900 bits per heavy atom. The summed E-state index contributed by atoms with van der Waals surface area (Å²) in [6.45, 7) is 2.02. The van der Waals surface area contributed by atoms with Crippen molar-refractivity contribution in [3.8, 4) is 0 Å². The lowest BCUT2D eigenvalue weighted by Crippen LogP contribution is -2.25. The van der Waals surface area contributed by atoms with E-state index in [9.17, 15) is 0 Å². The average Bonchev–Trinajstić information content (AvgIpc) is 2.38. The van der Waals surface area contributed by atoms with Gasteiger partial charge in [0.1, 0.15) is 0 Å². The van der Waals surface area contributed by atoms with E-state index < -0.39 is 9.83 Å². The molecule has 0 heterocycles. The van der Waals surface area contributed by atoms with E-state index in [4.69, 9.17) is 46.4 Å². The molecule has 1 N–H and O–H groups in total. The van der Waals surface area contributed by atoms with Crippen LogP contribution in [0, 0.1) is 6.92 Å². The zero-order valence-corrected chi connectivity index (χ0v) is 13.7. The first-order valence-corrected chi connectivity index (χ1v) is 7.53. The van der Waals surface area contributed by atoms with Gasteiger partial charge in [0.25, 0.3) is 0 Å². The molecule has 1 nitrogen and oxygen atoms in total. The van der Waals surface area contributed by atoms with Gasteiger partial charge in [0.2, 0.25) is 3.79 Å². The van der Waals surface area contributed by atoms with Crippen molar-refractivity contribution >= 4 is 52.1 Å². The molecular formula is C15H13Cl4N. The Hall–Kier alpha value is -0.600. The zero-order valence-electron chi connectivity index (χ0n) is 10.7. The molecule has 20 heavy (non-hydrogen) atoms. The summed E-state index contributed by atoms with van der Waals surface area (Å²) < 4.78 is -1.47. The number of alkyl halides is 3. The fraction of sp³-hybridized carbons (Fsp3) is 0.200. The molecule has 2 aromatic rings. The van der Waals surface area contributed by atoms with Crippen molar-refractivity contribution in [2.24, 2.45) is 0 Å². The molecule has 2 aromatic carbocycles. The summed E-state index contributed by atoms with van der Waals surface area (Å²) >= 11 is 24.2. The molecule has 0 aromatic heterocycles. The van der Waals surface area contributed by atoms with Gasteiger partial charge in [0.15, 0.2) is 0 Å². The maximum atomic E-state index is 6.09. The molecule has 0 fully saturated rings. The Kier molecular flexibility index (Phi) is 5.09. The van der Waals surface area contributed by atoms with Crippen LogP contribution in [0.2, 0.25) is 5.02 Å². The molecule has 106 valence electrons. The molecule has 0 saturated heterocycles. The van der Waals surface area contributed by atoms with Crippen LogP contribution >= 0.6 is 46.4 Å². The van der Waals surface area contributed by atoms with Crippen LogP contribution in [-0.2, 0) is 0 Å². The van der Waals surface area contributed by atoms with Crippen molar-refractivity contribution in [2.45, 2.75) is 16.8 Å². The minimum atomic E-state index is -1.47. The van der Waals surface area contributed by atoms with E-state index in [1.54, 1.807) is 12.1 Å². The normalized spacial score (nSPS) is 13.1. The molecule has 0 radical (unpaired) electrons. The van der Waals surface area contributed by atoms with Crippen molar-refractivity contribution in [1.29, 1.82) is 0 Å². The molecule has 5 heteroatoms. The van der Waals surface area contributed by atoms with Crippen molar-refractivity contribution in [1.82, 2.24) is 0 Å². The highest BCUT2D eigenvalue weighted by Gasteiger charge is 2.33. The summed E-state index contributed by atoms with van der Waals surface area (Å²) in [4.78, 5) is 0. The first-order chi connectivity index (χ1) is 9.36. The first-order valence-electron chi connectivity index (χ1n) is 6.01. The number of hydrogen-bond acceptors (Lipinski definition) is 1. The molecule has 0 amide bonds. The van der Waals surface area contributed by atoms with Gasteiger partial charge in [-0.1, -0.05) is 76.2 Å². The van der Waals surface area contributed by atoms with E-state index in [-0.39, 0.29) is 0 Å². The van der Waals surface area contributed by atoms with Crippen LogP contribution in [0.25, 0.3) is 0 Å². The maximum Gasteiger partial charge on any atom is 0.214 e. The lowest BCUT2D eigenvalue weighted by Gasteiger charge is -2.27. The Labute approximate surface area is 138 Å². The first kappa shape index (κ1) is 15.8. The number of nitrogens with one attached hydrogen (secondary N) is 1. The Morgan fingerprint density at radius 2 is 1.45 bits per heavy atom. The van der Waals surface area contributed by atoms with Crippen molar-refractivity contribution in [2.75, 3.05) is 5.32 Å². The second kappa shape index (κ2) is 6.44. The number of anilines is 1. The van der Waals surface area contributed by atoms with Crippen molar-refractivity contribution in [3.05, 3.63) is 64.7 Å². The lowest BCUT2D eigenvalue weighted by molar-refractivity contribution is 0.806. The van der Waals surface area contributed by atoms with Gasteiger partial charge in [-0.15, -0.1) is 0 Å². The van der Waals surface area contributed by atoms with Gasteiger partial charge in [0, 0.05) is 10.7 Å². The predicted octanol–water partition coefficient (Wildman–Crippen LogP) is 6.17. The second-order valence-electron chi connectivity index (χ2n) is 4.54. The van der Waals surface area contributed by atoms with Gasteiger partial charge >= 0.3 is 0 Å². The summed E-state index contributed by atoms with van der Waals surface area (Å²) in [6.07, 6.45) is 0. The number of halogens is 4. The van der Waals surface area contributed by atoms with E-state index in [0.717, 1.165) is 11.3 Å². The SMILES string of the molecule is Cc1ccc(NC(c2ccc(Cl)cc2)C(Cl)(Cl)Cl)cc1. The standard InChI is InChI=1S/C15H13Cl4N/c1-10-2-8-13(9-3-10)20-14(15(17,18)19)11-4-6-12(16)7-5-11/h2-9,14,20H,1H3. The van der Waals surface area contributed by atoms with E-state index >= 15 is 0 Å². The molecule has 0 spiro atoms. The van der Waals surface area contributed by atoms with Crippen LogP contribution in [0.5, 0.6) is 0 Å². The minimum absolute atomic E-state index is 0.465. The topological polar surface area (TPSA) is 12.0 Å². The van der Waals surface area contributed by atoms with E-state index in [0.29, 0.717) is 5.02 Å². The Bertz CT molecular complexity index is 558. The highest BCUT2D eigenvalue weighted by molar-refractivity contribution is 6.68. The highest BCUT2D eigenvalue weighted by atomic mass is 35.6. The number of hydrogen-bond donors (Lipinski definition) is 1. The van der Waals surface area contributed by atoms with Crippen LogP contribution < -0.4 is 5.32 Å². The van der Waals surface area contributed by atoms with Crippen molar-refractivity contribution < 1.29 is 0 Å². The maximum absolute atomic E-state index is 6.09. The van der Waals surface area contributed by atoms with Gasteiger partial charge < -0.3 is 5.32 Å². The van der Waals surface area contributed by atoms with E-state index in [1.807, 2.05) is 43.3 Å². The summed E-state index contributed by atoms with van der Waals surface area (Å²) in [6, 6.07) is 14.7. The molecule has 0 aliphatic heterocycles. The minimum Gasteiger partial charge on any atom is -0.374 e. The molecule has 1 atom stereocenters. The molecule has 2 rings (SSSR count). The van der Waals surface area contributed by atoms with Crippen LogP contribution in [-0.4, -0.2) is 3.79 Å². The largest absolute Gasteiger partial charge is 0.374 e. The zero-order chi connectivity index (χ0) is 14.8. The highest BCUT2D eigenvalue weighted by Crippen LogP contribution is 2.42. The summed E-state index contributed by atoms with van der Waals surface area (Å²) in [7, 11) is 0. The quantitative estimate of drug-likeness (QED) is 0.653. The van der Waals surface area contributed by atoms with Crippen LogP contribution in [0.15, 0.2) is 48.5 Å². The lowest BCUT2D eigenvalue weighted by atomic mass is 10.1. The van der Waals surface area contributed by atoms with Gasteiger partial charge in [-0.05, 0) is 36.8 Å². The third-order valence-corrected chi connectivity index (χ3v) is 3.80. The van der Waals surface area contributed by atoms with Gasteiger partial charge in [-0.3, -0.25) is 0 Å². The fourth-order valence-corrected chi connectivity index (χ4v) is 2.49. The smallest absolute Gasteiger partial charge is 0.214 e. The van der Waals surface area contributed by atoms with Gasteiger partial charge in [-0.25, -0.2) is 0 Å². The third kappa shape index (κ3) is 4.20. The van der Waals surface area contributed by atoms with Crippen molar-refractivity contribution in [3.63, 3.8) is 0 Å². The molecule has 0 bridgehead atoms. The predicted molar refractivity (Wildman–Crippen MR) is 89.3 cm³/mol. The van der Waals surface area contributed by atoms with Gasteiger partial charge in [-0.2, -0.15) is 0 Å². The Balaban J connectivity index is 2.29. The molecule has 0 aliphatic rings. The summed E-state index contributed by atoms with van der Waals surface area (Å²) in [5.74, 6) is 0. The average molecular weight is 349 g/mol. The number of benzene rings is 2. The Morgan fingerprint density at radius 3 is 1.95 bits per heavy atom. The van der Waals surface area contributed by atoms with E-state index in [2.05, 4.69) is 5.32 Å². The number of aryl methyl sites for hydroxylation is 1. The monoisotopic (exact) mass is 347 g/mol. The van der Waals surface area contributed by atoms with Gasteiger partial charge in [0.05, 0.1) is 6.04 Å². The third-order valence-electron chi connectivity index (χ3n) is 2.89. The molecular weight excluding hydrogens is 336 g/mol. The molecule has 0 saturated carbocycles. The fourth-order valence-electron chi connectivity index (χ4n) is 1.83. The second-order valence-corrected chi connectivity index (χ2v) is 7.34. The molecule has 0 aliphatic carbocycles. The summed E-state index contributed by atoms with van der Waals surface area (Å²) in [5, 5.41) is 3.89. The number of rotatable bonds is 3. The summed E-state index contributed by atoms with van der Waals surface area (Å²) in [5.41, 5.74) is 2.92. The van der Waals surface area contributed by atoms with E-state index in [1.165, 1.54) is 5.56 Å². The van der Waals surface area contributed by atoms with Crippen LogP contribution in [0.1, 0.15) is 17.2 Å².